The zero-order chi connectivity index (χ0) is 15.1. The van der Waals surface area contributed by atoms with Crippen LogP contribution in [0.5, 0.6) is 0 Å². The first-order valence-electron chi connectivity index (χ1n) is 7.76. The summed E-state index contributed by atoms with van der Waals surface area (Å²) in [4.78, 5) is 13.7. The van der Waals surface area contributed by atoms with Crippen molar-refractivity contribution < 1.29 is 9.53 Å². The third kappa shape index (κ3) is 5.48. The van der Waals surface area contributed by atoms with Gasteiger partial charge in [-0.05, 0) is 38.4 Å². The van der Waals surface area contributed by atoms with E-state index in [1.54, 1.807) is 0 Å². The molecule has 1 aliphatic heterocycles. The minimum atomic E-state index is -0.142. The zero-order valence-corrected chi connectivity index (χ0v) is 13.0. The molecule has 1 atom stereocenters. The van der Waals surface area contributed by atoms with Crippen molar-refractivity contribution in [3.8, 4) is 0 Å². The molecular weight excluding hydrogens is 264 g/mol. The standard InChI is InChI=1S/C17H26N2O2/c1-14(12-17(20)21-2)18-16-8-10-19(11-9-16)13-15-6-4-3-5-7-15/h3-7,14,16,18H,8-13H2,1-2H3. The molecule has 1 aromatic carbocycles. The molecule has 1 fully saturated rings. The van der Waals surface area contributed by atoms with E-state index in [1.807, 2.05) is 6.92 Å². The van der Waals surface area contributed by atoms with E-state index >= 15 is 0 Å². The number of nitrogens with zero attached hydrogens (tertiary/aromatic N) is 1. The molecule has 0 spiro atoms. The van der Waals surface area contributed by atoms with Gasteiger partial charge in [-0.2, -0.15) is 0 Å². The van der Waals surface area contributed by atoms with E-state index in [1.165, 1.54) is 12.7 Å². The summed E-state index contributed by atoms with van der Waals surface area (Å²) >= 11 is 0. The lowest BCUT2D eigenvalue weighted by molar-refractivity contribution is -0.141. The lowest BCUT2D eigenvalue weighted by Gasteiger charge is -2.33. The summed E-state index contributed by atoms with van der Waals surface area (Å²) in [6, 6.07) is 11.3. The van der Waals surface area contributed by atoms with Crippen LogP contribution in [-0.4, -0.2) is 43.2 Å². The van der Waals surface area contributed by atoms with Crippen molar-refractivity contribution in [1.29, 1.82) is 0 Å². The van der Waals surface area contributed by atoms with Crippen molar-refractivity contribution in [2.45, 2.75) is 44.8 Å². The van der Waals surface area contributed by atoms with E-state index in [0.717, 1.165) is 32.5 Å². The predicted octanol–water partition coefficient (Wildman–Crippen LogP) is 2.19. The van der Waals surface area contributed by atoms with Crippen LogP contribution >= 0.6 is 0 Å². The van der Waals surface area contributed by atoms with Crippen molar-refractivity contribution in [2.24, 2.45) is 0 Å². The Labute approximate surface area is 127 Å². The van der Waals surface area contributed by atoms with Gasteiger partial charge in [-0.1, -0.05) is 30.3 Å². The fourth-order valence-electron chi connectivity index (χ4n) is 2.89. The molecular formula is C17H26N2O2. The topological polar surface area (TPSA) is 41.6 Å². The number of methoxy groups -OCH3 is 1. The van der Waals surface area contributed by atoms with Gasteiger partial charge in [0.15, 0.2) is 0 Å². The first-order valence-corrected chi connectivity index (χ1v) is 7.76. The maximum absolute atomic E-state index is 11.2. The third-order valence-corrected chi connectivity index (χ3v) is 4.06. The first kappa shape index (κ1) is 16.0. The van der Waals surface area contributed by atoms with Crippen LogP contribution < -0.4 is 5.32 Å². The number of hydrogen-bond acceptors (Lipinski definition) is 4. The molecule has 1 unspecified atom stereocenters. The van der Waals surface area contributed by atoms with Gasteiger partial charge in [0.2, 0.25) is 0 Å². The molecule has 0 bridgehead atoms. The van der Waals surface area contributed by atoms with Crippen molar-refractivity contribution in [1.82, 2.24) is 10.2 Å². The highest BCUT2D eigenvalue weighted by molar-refractivity contribution is 5.69. The number of rotatable bonds is 6. The zero-order valence-electron chi connectivity index (χ0n) is 13.0. The molecule has 1 saturated heterocycles. The Hall–Kier alpha value is -1.39. The molecule has 1 aliphatic rings. The normalized spacial score (nSPS) is 18.4. The molecule has 0 amide bonds. The maximum atomic E-state index is 11.2. The lowest BCUT2D eigenvalue weighted by Crippen LogP contribution is -2.45. The van der Waals surface area contributed by atoms with Crippen LogP contribution in [0.4, 0.5) is 0 Å². The molecule has 0 radical (unpaired) electrons. The Balaban J connectivity index is 1.69. The fourth-order valence-corrected chi connectivity index (χ4v) is 2.89. The van der Waals surface area contributed by atoms with Gasteiger partial charge in [0, 0.05) is 18.6 Å². The highest BCUT2D eigenvalue weighted by Crippen LogP contribution is 2.14. The van der Waals surface area contributed by atoms with Crippen LogP contribution in [0.25, 0.3) is 0 Å². The summed E-state index contributed by atoms with van der Waals surface area (Å²) < 4.78 is 4.71. The molecule has 4 heteroatoms. The molecule has 2 rings (SSSR count). The molecule has 0 aromatic heterocycles. The van der Waals surface area contributed by atoms with Crippen LogP contribution in [0.15, 0.2) is 30.3 Å². The Morgan fingerprint density at radius 3 is 2.62 bits per heavy atom. The highest BCUT2D eigenvalue weighted by Gasteiger charge is 2.21. The number of piperidine rings is 1. The molecule has 1 heterocycles. The minimum Gasteiger partial charge on any atom is -0.469 e. The average molecular weight is 290 g/mol. The molecule has 116 valence electrons. The summed E-state index contributed by atoms with van der Waals surface area (Å²) in [6.45, 7) is 5.30. The largest absolute Gasteiger partial charge is 0.469 e. The Morgan fingerprint density at radius 2 is 2.00 bits per heavy atom. The molecule has 21 heavy (non-hydrogen) atoms. The monoisotopic (exact) mass is 290 g/mol. The predicted molar refractivity (Wildman–Crippen MR) is 84.0 cm³/mol. The van der Waals surface area contributed by atoms with Crippen LogP contribution in [0.1, 0.15) is 31.7 Å². The second-order valence-corrected chi connectivity index (χ2v) is 5.88. The lowest BCUT2D eigenvalue weighted by atomic mass is 10.0. The van der Waals surface area contributed by atoms with Gasteiger partial charge in [-0.15, -0.1) is 0 Å². The van der Waals surface area contributed by atoms with E-state index in [0.29, 0.717) is 12.5 Å². The molecule has 4 nitrogen and oxygen atoms in total. The Bertz CT molecular complexity index is 428. The third-order valence-electron chi connectivity index (χ3n) is 4.06. The van der Waals surface area contributed by atoms with Crippen LogP contribution in [-0.2, 0) is 16.1 Å². The SMILES string of the molecule is COC(=O)CC(C)NC1CCN(Cc2ccccc2)CC1. The smallest absolute Gasteiger partial charge is 0.307 e. The number of hydrogen-bond donors (Lipinski definition) is 1. The van der Waals surface area contributed by atoms with Crippen molar-refractivity contribution >= 4 is 5.97 Å². The van der Waals surface area contributed by atoms with Gasteiger partial charge >= 0.3 is 5.97 Å². The van der Waals surface area contributed by atoms with E-state index in [2.05, 4.69) is 40.5 Å². The summed E-state index contributed by atoms with van der Waals surface area (Å²) in [5, 5.41) is 3.54. The van der Waals surface area contributed by atoms with Gasteiger partial charge in [-0.3, -0.25) is 9.69 Å². The number of ether oxygens (including phenoxy) is 1. The maximum Gasteiger partial charge on any atom is 0.307 e. The molecule has 1 N–H and O–H groups in total. The highest BCUT2D eigenvalue weighted by atomic mass is 16.5. The number of benzene rings is 1. The van der Waals surface area contributed by atoms with E-state index in [9.17, 15) is 4.79 Å². The average Bonchev–Trinajstić information content (AvgIpc) is 2.50. The number of nitrogens with one attached hydrogen (secondary N) is 1. The van der Waals surface area contributed by atoms with Gasteiger partial charge in [0.1, 0.15) is 0 Å². The van der Waals surface area contributed by atoms with E-state index in [4.69, 9.17) is 4.74 Å². The van der Waals surface area contributed by atoms with Gasteiger partial charge in [-0.25, -0.2) is 0 Å². The molecule has 0 aliphatic carbocycles. The summed E-state index contributed by atoms with van der Waals surface area (Å²) in [6.07, 6.45) is 2.72. The van der Waals surface area contributed by atoms with E-state index < -0.39 is 0 Å². The van der Waals surface area contributed by atoms with E-state index in [-0.39, 0.29) is 12.0 Å². The van der Waals surface area contributed by atoms with Crippen LogP contribution in [0.2, 0.25) is 0 Å². The minimum absolute atomic E-state index is 0.142. The quantitative estimate of drug-likeness (QED) is 0.816. The summed E-state index contributed by atoms with van der Waals surface area (Å²) in [7, 11) is 1.44. The Kier molecular flexibility index (Phi) is 6.21. The van der Waals surface area contributed by atoms with Crippen molar-refractivity contribution in [3.05, 3.63) is 35.9 Å². The molecule has 0 saturated carbocycles. The van der Waals surface area contributed by atoms with Crippen molar-refractivity contribution in [2.75, 3.05) is 20.2 Å². The van der Waals surface area contributed by atoms with Crippen molar-refractivity contribution in [3.63, 3.8) is 0 Å². The second kappa shape index (κ2) is 8.15. The van der Waals surface area contributed by atoms with Crippen LogP contribution in [0.3, 0.4) is 0 Å². The van der Waals surface area contributed by atoms with Gasteiger partial charge in [0.05, 0.1) is 13.5 Å². The van der Waals surface area contributed by atoms with Gasteiger partial charge in [0.25, 0.3) is 0 Å². The second-order valence-electron chi connectivity index (χ2n) is 5.88. The number of likely N-dealkylation sites (tertiary alicyclic amines) is 1. The summed E-state index contributed by atoms with van der Waals surface area (Å²) in [5.74, 6) is -0.142. The molecule has 1 aromatic rings. The number of carbonyl (C=O) groups excluding carboxylic acids is 1. The van der Waals surface area contributed by atoms with Crippen LogP contribution in [0, 0.1) is 0 Å². The number of carbonyl (C=O) groups is 1. The Morgan fingerprint density at radius 1 is 1.33 bits per heavy atom. The first-order chi connectivity index (χ1) is 10.2. The fraction of sp³-hybridized carbons (Fsp3) is 0.588. The number of esters is 1. The van der Waals surface area contributed by atoms with Gasteiger partial charge < -0.3 is 10.1 Å². The summed E-state index contributed by atoms with van der Waals surface area (Å²) in [5.41, 5.74) is 1.38.